The number of carbonyl (C=O) groups excluding carboxylic acids is 2. The molecule has 0 aliphatic carbocycles. The highest BCUT2D eigenvalue weighted by atomic mass is 35.5. The van der Waals surface area contributed by atoms with E-state index < -0.39 is 23.5 Å². The van der Waals surface area contributed by atoms with E-state index in [1.807, 2.05) is 30.3 Å². The van der Waals surface area contributed by atoms with Crippen molar-refractivity contribution in [1.82, 2.24) is 10.2 Å². The van der Waals surface area contributed by atoms with Crippen LogP contribution >= 0.6 is 11.6 Å². The van der Waals surface area contributed by atoms with Gasteiger partial charge in [0, 0.05) is 37.2 Å². The van der Waals surface area contributed by atoms with Crippen molar-refractivity contribution in [2.75, 3.05) is 20.8 Å². The zero-order valence-corrected chi connectivity index (χ0v) is 20.6. The molecule has 0 saturated carbocycles. The molecule has 1 N–H and O–H groups in total. The maximum absolute atomic E-state index is 13.4. The number of rotatable bonds is 11. The largest absolute Gasteiger partial charge is 0.490 e. The molecule has 3 aromatic rings. The Labute approximate surface area is 213 Å². The third-order valence-electron chi connectivity index (χ3n) is 5.49. The fraction of sp³-hybridized carbons (Fsp3) is 0.231. The van der Waals surface area contributed by atoms with Crippen molar-refractivity contribution in [3.8, 4) is 11.5 Å². The molecule has 3 rings (SSSR count). The average Bonchev–Trinajstić information content (AvgIpc) is 2.90. The van der Waals surface area contributed by atoms with Gasteiger partial charge in [0.05, 0.1) is 12.0 Å². The Hall–Kier alpha value is -4.11. The lowest BCUT2D eigenvalue weighted by Gasteiger charge is -2.31. The first-order valence-corrected chi connectivity index (χ1v) is 11.4. The first kappa shape index (κ1) is 26.5. The molecule has 0 spiro atoms. The number of amides is 2. The number of nitro benzene ring substituents is 1. The fourth-order valence-corrected chi connectivity index (χ4v) is 3.76. The summed E-state index contributed by atoms with van der Waals surface area (Å²) in [5.74, 6) is -0.531. The first-order valence-electron chi connectivity index (χ1n) is 11.1. The summed E-state index contributed by atoms with van der Waals surface area (Å²) in [4.78, 5) is 38.4. The number of likely N-dealkylation sites (N-methyl/N-ethyl adjacent to an activating group) is 1. The van der Waals surface area contributed by atoms with Crippen LogP contribution < -0.4 is 14.8 Å². The Morgan fingerprint density at radius 3 is 2.36 bits per heavy atom. The van der Waals surface area contributed by atoms with Crippen molar-refractivity contribution in [1.29, 1.82) is 0 Å². The SMILES string of the molecule is CNC(=O)[C@@H](Cc1ccccc1)N(Cc1ccc(Cl)cc1)C(=O)COc1ccc([N+](=O)[O-])c(OC)c1. The lowest BCUT2D eigenvalue weighted by atomic mass is 10.0. The Balaban J connectivity index is 1.87. The Kier molecular flexibility index (Phi) is 9.24. The minimum atomic E-state index is -0.810. The highest BCUT2D eigenvalue weighted by Crippen LogP contribution is 2.30. The monoisotopic (exact) mass is 511 g/mol. The van der Waals surface area contributed by atoms with E-state index in [1.165, 1.54) is 37.3 Å². The Morgan fingerprint density at radius 1 is 1.06 bits per heavy atom. The van der Waals surface area contributed by atoms with Gasteiger partial charge in [-0.1, -0.05) is 54.1 Å². The zero-order chi connectivity index (χ0) is 26.1. The van der Waals surface area contributed by atoms with Gasteiger partial charge in [-0.05, 0) is 29.3 Å². The van der Waals surface area contributed by atoms with Crippen LogP contribution in [-0.4, -0.2) is 48.4 Å². The summed E-state index contributed by atoms with van der Waals surface area (Å²) in [5.41, 5.74) is 1.45. The van der Waals surface area contributed by atoms with Crippen molar-refractivity contribution < 1.29 is 24.0 Å². The fourth-order valence-electron chi connectivity index (χ4n) is 3.63. The van der Waals surface area contributed by atoms with Gasteiger partial charge in [-0.2, -0.15) is 0 Å². The van der Waals surface area contributed by atoms with E-state index in [0.29, 0.717) is 11.4 Å². The third-order valence-corrected chi connectivity index (χ3v) is 5.75. The van der Waals surface area contributed by atoms with Crippen LogP contribution in [0.15, 0.2) is 72.8 Å². The second kappa shape index (κ2) is 12.6. The van der Waals surface area contributed by atoms with Crippen molar-refractivity contribution >= 4 is 29.1 Å². The molecule has 2 amide bonds. The van der Waals surface area contributed by atoms with Crippen molar-refractivity contribution in [3.63, 3.8) is 0 Å². The summed E-state index contributed by atoms with van der Waals surface area (Å²) in [6.45, 7) is -0.245. The predicted molar refractivity (Wildman–Crippen MR) is 135 cm³/mol. The molecule has 10 heteroatoms. The van der Waals surface area contributed by atoms with E-state index in [9.17, 15) is 19.7 Å². The van der Waals surface area contributed by atoms with Gasteiger partial charge in [0.15, 0.2) is 6.61 Å². The molecule has 0 aliphatic heterocycles. The van der Waals surface area contributed by atoms with Crippen LogP contribution in [0.1, 0.15) is 11.1 Å². The molecule has 0 saturated heterocycles. The number of nitro groups is 1. The molecule has 0 radical (unpaired) electrons. The standard InChI is InChI=1S/C26H26ClN3O6/c1-28-26(32)23(14-18-6-4-3-5-7-18)29(16-19-8-10-20(27)11-9-19)25(31)17-36-21-12-13-22(30(33)34)24(15-21)35-2/h3-13,15,23H,14,16-17H2,1-2H3,(H,28,32)/t23-/m1/s1. The molecule has 1 atom stereocenters. The molecule has 0 heterocycles. The van der Waals surface area contributed by atoms with Crippen LogP contribution in [-0.2, 0) is 22.6 Å². The minimum Gasteiger partial charge on any atom is -0.490 e. The summed E-state index contributed by atoms with van der Waals surface area (Å²) < 4.78 is 10.7. The number of ether oxygens (including phenoxy) is 2. The van der Waals surface area contributed by atoms with Crippen LogP contribution in [0.2, 0.25) is 5.02 Å². The summed E-state index contributed by atoms with van der Waals surface area (Å²) in [6, 6.07) is 19.6. The summed E-state index contributed by atoms with van der Waals surface area (Å²) in [5, 5.41) is 14.3. The number of carbonyl (C=O) groups is 2. The normalized spacial score (nSPS) is 11.3. The topological polar surface area (TPSA) is 111 Å². The van der Waals surface area contributed by atoms with Crippen LogP contribution in [0.25, 0.3) is 0 Å². The van der Waals surface area contributed by atoms with E-state index in [1.54, 1.807) is 24.3 Å². The average molecular weight is 512 g/mol. The van der Waals surface area contributed by atoms with Crippen LogP contribution in [0.3, 0.4) is 0 Å². The number of hydrogen-bond donors (Lipinski definition) is 1. The second-order valence-corrected chi connectivity index (χ2v) is 8.28. The maximum atomic E-state index is 13.4. The van der Waals surface area contributed by atoms with Crippen molar-refractivity contribution in [2.45, 2.75) is 19.0 Å². The van der Waals surface area contributed by atoms with Crippen molar-refractivity contribution in [3.05, 3.63) is 99.1 Å². The highest BCUT2D eigenvalue weighted by molar-refractivity contribution is 6.30. The molecular weight excluding hydrogens is 486 g/mol. The van der Waals surface area contributed by atoms with Crippen LogP contribution in [0, 0.1) is 10.1 Å². The molecule has 0 aliphatic rings. The van der Waals surface area contributed by atoms with Gasteiger partial charge in [0.25, 0.3) is 5.91 Å². The molecule has 0 aromatic heterocycles. The Morgan fingerprint density at radius 2 is 1.75 bits per heavy atom. The van der Waals surface area contributed by atoms with E-state index in [4.69, 9.17) is 21.1 Å². The van der Waals surface area contributed by atoms with E-state index in [-0.39, 0.29) is 29.6 Å². The van der Waals surface area contributed by atoms with Gasteiger partial charge in [-0.15, -0.1) is 0 Å². The molecule has 36 heavy (non-hydrogen) atoms. The van der Waals surface area contributed by atoms with E-state index in [0.717, 1.165) is 11.1 Å². The van der Waals surface area contributed by atoms with E-state index in [2.05, 4.69) is 5.32 Å². The van der Waals surface area contributed by atoms with Gasteiger partial charge in [-0.3, -0.25) is 19.7 Å². The lowest BCUT2D eigenvalue weighted by molar-refractivity contribution is -0.385. The third kappa shape index (κ3) is 6.96. The smallest absolute Gasteiger partial charge is 0.311 e. The number of hydrogen-bond acceptors (Lipinski definition) is 6. The molecule has 188 valence electrons. The summed E-state index contributed by atoms with van der Waals surface area (Å²) in [6.07, 6.45) is 0.297. The lowest BCUT2D eigenvalue weighted by Crippen LogP contribution is -2.51. The molecule has 0 bridgehead atoms. The summed E-state index contributed by atoms with van der Waals surface area (Å²) >= 11 is 6.01. The first-order chi connectivity index (χ1) is 17.3. The number of nitrogens with zero attached hydrogens (tertiary/aromatic N) is 2. The van der Waals surface area contributed by atoms with Crippen molar-refractivity contribution in [2.24, 2.45) is 0 Å². The maximum Gasteiger partial charge on any atom is 0.311 e. The van der Waals surface area contributed by atoms with Gasteiger partial charge in [0.1, 0.15) is 11.8 Å². The highest BCUT2D eigenvalue weighted by Gasteiger charge is 2.30. The van der Waals surface area contributed by atoms with Gasteiger partial charge < -0.3 is 19.7 Å². The Bertz CT molecular complexity index is 1200. The minimum absolute atomic E-state index is 0.00952. The number of nitrogens with one attached hydrogen (secondary N) is 1. The van der Waals surface area contributed by atoms with Crippen LogP contribution in [0.4, 0.5) is 5.69 Å². The van der Waals surface area contributed by atoms with E-state index >= 15 is 0 Å². The van der Waals surface area contributed by atoms with Gasteiger partial charge in [-0.25, -0.2) is 0 Å². The number of methoxy groups -OCH3 is 1. The number of benzene rings is 3. The molecule has 0 fully saturated rings. The quantitative estimate of drug-likeness (QED) is 0.307. The zero-order valence-electron chi connectivity index (χ0n) is 19.8. The van der Waals surface area contributed by atoms with Gasteiger partial charge >= 0.3 is 5.69 Å². The molecule has 3 aromatic carbocycles. The molecular formula is C26H26ClN3O6. The van der Waals surface area contributed by atoms with Crippen LogP contribution in [0.5, 0.6) is 11.5 Å². The summed E-state index contributed by atoms with van der Waals surface area (Å²) in [7, 11) is 2.83. The molecule has 0 unspecified atom stereocenters. The predicted octanol–water partition coefficient (Wildman–Crippen LogP) is 4.02. The second-order valence-electron chi connectivity index (χ2n) is 7.85. The number of halogens is 1. The van der Waals surface area contributed by atoms with Gasteiger partial charge in [0.2, 0.25) is 11.7 Å². The molecule has 9 nitrogen and oxygen atoms in total.